The van der Waals surface area contributed by atoms with Crippen LogP contribution in [0.1, 0.15) is 13.8 Å². The molecule has 6 heteroatoms. The van der Waals surface area contributed by atoms with Crippen molar-refractivity contribution in [3.8, 4) is 0 Å². The van der Waals surface area contributed by atoms with Crippen LogP contribution >= 0.6 is 11.3 Å². The Morgan fingerprint density at radius 3 is 2.56 bits per heavy atom. The highest BCUT2D eigenvalue weighted by molar-refractivity contribution is 7.08. The summed E-state index contributed by atoms with van der Waals surface area (Å²) in [6.07, 6.45) is 0. The molecule has 4 amide bonds. The second-order valence-electron chi connectivity index (χ2n) is 4.01. The lowest BCUT2D eigenvalue weighted by Gasteiger charge is -2.33. The molecule has 2 rings (SSSR count). The van der Waals surface area contributed by atoms with Crippen molar-refractivity contribution in [1.29, 1.82) is 0 Å². The molecule has 1 fully saturated rings. The normalized spacial score (nSPS) is 19.9. The van der Waals surface area contributed by atoms with Gasteiger partial charge in [0.05, 0.1) is 5.69 Å². The molecule has 0 bridgehead atoms. The minimum atomic E-state index is -1.21. The van der Waals surface area contributed by atoms with E-state index in [1.807, 2.05) is 0 Å². The third-order valence-electron chi connectivity index (χ3n) is 2.49. The first kappa shape index (κ1) is 10.8. The van der Waals surface area contributed by atoms with E-state index in [9.17, 15) is 14.4 Å². The van der Waals surface area contributed by atoms with Crippen molar-refractivity contribution < 1.29 is 14.4 Å². The van der Waals surface area contributed by atoms with Gasteiger partial charge in [-0.2, -0.15) is 11.3 Å². The minimum absolute atomic E-state index is 0.494. The van der Waals surface area contributed by atoms with E-state index in [-0.39, 0.29) is 0 Å². The first-order chi connectivity index (χ1) is 7.44. The summed E-state index contributed by atoms with van der Waals surface area (Å²) in [6.45, 7) is 2.99. The molecule has 0 aliphatic carbocycles. The third-order valence-corrected chi connectivity index (χ3v) is 3.16. The summed E-state index contributed by atoms with van der Waals surface area (Å²) in [6, 6.07) is 0.973. The topological polar surface area (TPSA) is 66.5 Å². The average Bonchev–Trinajstić information content (AvgIpc) is 2.69. The van der Waals surface area contributed by atoms with E-state index >= 15 is 0 Å². The second kappa shape index (κ2) is 3.41. The number of thiophene rings is 1. The molecule has 16 heavy (non-hydrogen) atoms. The van der Waals surface area contributed by atoms with Crippen molar-refractivity contribution in [1.82, 2.24) is 5.32 Å². The van der Waals surface area contributed by atoms with E-state index in [0.717, 1.165) is 4.90 Å². The molecule has 0 aromatic carbocycles. The Bertz CT molecular complexity index is 464. The summed E-state index contributed by atoms with van der Waals surface area (Å²) in [4.78, 5) is 36.1. The largest absolute Gasteiger partial charge is 0.335 e. The number of carbonyl (C=O) groups is 3. The van der Waals surface area contributed by atoms with Crippen LogP contribution in [-0.2, 0) is 9.59 Å². The summed E-state index contributed by atoms with van der Waals surface area (Å²) in [5.41, 5.74) is -0.719. The molecule has 1 N–H and O–H groups in total. The molecule has 0 radical (unpaired) electrons. The number of urea groups is 1. The van der Waals surface area contributed by atoms with Crippen molar-refractivity contribution in [2.75, 3.05) is 4.90 Å². The molecule has 1 aromatic heterocycles. The Kier molecular flexibility index (Phi) is 2.31. The lowest BCUT2D eigenvalue weighted by molar-refractivity contribution is -0.140. The lowest BCUT2D eigenvalue weighted by Crippen LogP contribution is -2.62. The number of carbonyl (C=O) groups excluding carboxylic acids is 3. The van der Waals surface area contributed by atoms with Gasteiger partial charge >= 0.3 is 6.03 Å². The monoisotopic (exact) mass is 238 g/mol. The van der Waals surface area contributed by atoms with E-state index in [2.05, 4.69) is 5.32 Å². The van der Waals surface area contributed by atoms with Gasteiger partial charge in [-0.25, -0.2) is 9.69 Å². The molecular formula is C10H10N2O3S. The molecule has 0 unspecified atom stereocenters. The van der Waals surface area contributed by atoms with Crippen molar-refractivity contribution in [3.05, 3.63) is 16.8 Å². The number of rotatable bonds is 1. The van der Waals surface area contributed by atoms with Gasteiger partial charge in [0.2, 0.25) is 11.8 Å². The van der Waals surface area contributed by atoms with Gasteiger partial charge in [0.1, 0.15) is 5.41 Å². The fraction of sp³-hybridized carbons (Fsp3) is 0.300. The van der Waals surface area contributed by atoms with Crippen LogP contribution in [0.5, 0.6) is 0 Å². The number of imide groups is 2. The second-order valence-corrected chi connectivity index (χ2v) is 4.79. The Morgan fingerprint density at radius 2 is 2.00 bits per heavy atom. The van der Waals surface area contributed by atoms with Crippen LogP contribution in [0.4, 0.5) is 10.5 Å². The number of hydrogen-bond donors (Lipinski definition) is 1. The Morgan fingerprint density at radius 1 is 1.31 bits per heavy atom. The molecule has 84 valence electrons. The lowest BCUT2D eigenvalue weighted by atomic mass is 9.88. The highest BCUT2D eigenvalue weighted by atomic mass is 32.1. The smallest absolute Gasteiger partial charge is 0.276 e. The maximum absolute atomic E-state index is 12.0. The molecule has 1 aromatic rings. The molecule has 0 spiro atoms. The molecule has 2 heterocycles. The standard InChI is InChI=1S/C10H10N2O3S/c1-10(2)7(13)11-9(15)12(8(10)14)6-3-4-16-5-6/h3-5H,1-2H3,(H,11,13,15). The summed E-state index contributed by atoms with van der Waals surface area (Å²) in [5.74, 6) is -1.06. The van der Waals surface area contributed by atoms with Crippen LogP contribution in [0.25, 0.3) is 0 Å². The van der Waals surface area contributed by atoms with Crippen LogP contribution in [0.2, 0.25) is 0 Å². The van der Waals surface area contributed by atoms with E-state index in [1.54, 1.807) is 16.8 Å². The average molecular weight is 238 g/mol. The van der Waals surface area contributed by atoms with Gasteiger partial charge in [-0.05, 0) is 25.3 Å². The van der Waals surface area contributed by atoms with Crippen molar-refractivity contribution >= 4 is 34.9 Å². The van der Waals surface area contributed by atoms with Gasteiger partial charge in [0, 0.05) is 5.38 Å². The molecular weight excluding hydrogens is 228 g/mol. The number of anilines is 1. The molecule has 0 saturated carbocycles. The highest BCUT2D eigenvalue weighted by Gasteiger charge is 2.47. The zero-order valence-corrected chi connectivity index (χ0v) is 9.63. The SMILES string of the molecule is CC1(C)C(=O)NC(=O)N(c2ccsc2)C1=O. The minimum Gasteiger partial charge on any atom is -0.276 e. The van der Waals surface area contributed by atoms with E-state index < -0.39 is 23.3 Å². The van der Waals surface area contributed by atoms with Crippen LogP contribution in [0.3, 0.4) is 0 Å². The van der Waals surface area contributed by atoms with E-state index in [4.69, 9.17) is 0 Å². The first-order valence-electron chi connectivity index (χ1n) is 4.67. The summed E-state index contributed by atoms with van der Waals surface area (Å²) in [5, 5.41) is 5.62. The fourth-order valence-electron chi connectivity index (χ4n) is 1.40. The van der Waals surface area contributed by atoms with Crippen LogP contribution in [0.15, 0.2) is 16.8 Å². The van der Waals surface area contributed by atoms with E-state index in [1.165, 1.54) is 25.2 Å². The molecule has 1 saturated heterocycles. The van der Waals surface area contributed by atoms with E-state index in [0.29, 0.717) is 5.69 Å². The number of nitrogens with zero attached hydrogens (tertiary/aromatic N) is 1. The van der Waals surface area contributed by atoms with Crippen molar-refractivity contribution in [2.24, 2.45) is 5.41 Å². The number of nitrogens with one attached hydrogen (secondary N) is 1. The van der Waals surface area contributed by atoms with Crippen molar-refractivity contribution in [3.63, 3.8) is 0 Å². The maximum Gasteiger partial charge on any atom is 0.335 e. The maximum atomic E-state index is 12.0. The predicted molar refractivity (Wildman–Crippen MR) is 59.1 cm³/mol. The van der Waals surface area contributed by atoms with Crippen LogP contribution in [0, 0.1) is 5.41 Å². The van der Waals surface area contributed by atoms with Gasteiger partial charge < -0.3 is 0 Å². The van der Waals surface area contributed by atoms with Gasteiger partial charge in [0.15, 0.2) is 0 Å². The number of hydrogen-bond acceptors (Lipinski definition) is 4. The molecule has 5 nitrogen and oxygen atoms in total. The Hall–Kier alpha value is -1.69. The van der Waals surface area contributed by atoms with Gasteiger partial charge in [-0.1, -0.05) is 0 Å². The number of amides is 4. The molecule has 1 aliphatic heterocycles. The zero-order valence-electron chi connectivity index (χ0n) is 8.81. The van der Waals surface area contributed by atoms with Gasteiger partial charge in [-0.3, -0.25) is 14.9 Å². The predicted octanol–water partition coefficient (Wildman–Crippen LogP) is 1.36. The Labute approximate surface area is 96.0 Å². The summed E-state index contributed by atoms with van der Waals surface area (Å²) >= 11 is 1.38. The van der Waals surface area contributed by atoms with Gasteiger partial charge in [0.25, 0.3) is 0 Å². The zero-order chi connectivity index (χ0) is 11.9. The van der Waals surface area contributed by atoms with Crippen LogP contribution in [-0.4, -0.2) is 17.8 Å². The third kappa shape index (κ3) is 1.42. The fourth-order valence-corrected chi connectivity index (χ4v) is 2.02. The summed E-state index contributed by atoms with van der Waals surface area (Å²) in [7, 11) is 0. The van der Waals surface area contributed by atoms with Gasteiger partial charge in [-0.15, -0.1) is 0 Å². The quantitative estimate of drug-likeness (QED) is 0.751. The first-order valence-corrected chi connectivity index (χ1v) is 5.61. The molecule has 1 aliphatic rings. The van der Waals surface area contributed by atoms with Crippen LogP contribution < -0.4 is 10.2 Å². The number of barbiturate groups is 1. The van der Waals surface area contributed by atoms with Crippen molar-refractivity contribution in [2.45, 2.75) is 13.8 Å². The summed E-state index contributed by atoms with van der Waals surface area (Å²) < 4.78 is 0. The Balaban J connectivity index is 2.43. The highest BCUT2D eigenvalue weighted by Crippen LogP contribution is 2.28. The molecule has 0 atom stereocenters.